The second-order valence-electron chi connectivity index (χ2n) is 3.38. The van der Waals surface area contributed by atoms with Gasteiger partial charge in [0.15, 0.2) is 0 Å². The Kier molecular flexibility index (Phi) is 7.29. The molecule has 0 aliphatic heterocycles. The van der Waals surface area contributed by atoms with Gasteiger partial charge in [-0.25, -0.2) is 4.98 Å². The Bertz CT molecular complexity index is 303. The first kappa shape index (κ1) is 15.3. The molecule has 0 saturated carbocycles. The zero-order valence-electron chi connectivity index (χ0n) is 9.55. The summed E-state index contributed by atoms with van der Waals surface area (Å²) in [6.45, 7) is 5.08. The lowest BCUT2D eigenvalue weighted by Crippen LogP contribution is -2.42. The standard InChI is InChI=1S/C10H17N3OS.ClH/c1-3-13(10(14)8(2)11)6-4-9-12-5-7-15-9;/h5,7-8H,3-4,6,11H2,1-2H3;1H/t8-;/m1./s1. The lowest BCUT2D eigenvalue weighted by molar-refractivity contribution is -0.131. The molecule has 0 aliphatic rings. The maximum absolute atomic E-state index is 11.6. The molecule has 1 aromatic rings. The summed E-state index contributed by atoms with van der Waals surface area (Å²) >= 11 is 1.62. The van der Waals surface area contributed by atoms with Gasteiger partial charge in [-0.2, -0.15) is 0 Å². The summed E-state index contributed by atoms with van der Waals surface area (Å²) in [4.78, 5) is 17.6. The van der Waals surface area contributed by atoms with Gasteiger partial charge in [0, 0.05) is 31.1 Å². The Morgan fingerprint density at radius 2 is 2.38 bits per heavy atom. The van der Waals surface area contributed by atoms with E-state index < -0.39 is 6.04 Å². The van der Waals surface area contributed by atoms with Crippen LogP contribution in [0.15, 0.2) is 11.6 Å². The number of likely N-dealkylation sites (N-methyl/N-ethyl adjacent to an activating group) is 1. The fourth-order valence-corrected chi connectivity index (χ4v) is 1.93. The monoisotopic (exact) mass is 263 g/mol. The van der Waals surface area contributed by atoms with Crippen molar-refractivity contribution in [1.29, 1.82) is 0 Å². The van der Waals surface area contributed by atoms with E-state index in [4.69, 9.17) is 5.73 Å². The highest BCUT2D eigenvalue weighted by Gasteiger charge is 2.15. The van der Waals surface area contributed by atoms with E-state index in [0.29, 0.717) is 13.1 Å². The van der Waals surface area contributed by atoms with Gasteiger partial charge in [0.05, 0.1) is 11.0 Å². The molecule has 92 valence electrons. The molecule has 0 spiro atoms. The van der Waals surface area contributed by atoms with Crippen molar-refractivity contribution in [1.82, 2.24) is 9.88 Å². The van der Waals surface area contributed by atoms with Crippen molar-refractivity contribution < 1.29 is 4.79 Å². The van der Waals surface area contributed by atoms with Crippen LogP contribution in [0.25, 0.3) is 0 Å². The van der Waals surface area contributed by atoms with Gasteiger partial charge < -0.3 is 10.6 Å². The number of carbonyl (C=O) groups is 1. The van der Waals surface area contributed by atoms with E-state index in [0.717, 1.165) is 11.4 Å². The summed E-state index contributed by atoms with van der Waals surface area (Å²) in [6, 6.07) is -0.416. The van der Waals surface area contributed by atoms with E-state index in [9.17, 15) is 4.79 Å². The minimum absolute atomic E-state index is 0. The highest BCUT2D eigenvalue weighted by Crippen LogP contribution is 2.06. The predicted octanol–water partition coefficient (Wildman–Crippen LogP) is 1.30. The van der Waals surface area contributed by atoms with E-state index in [2.05, 4.69) is 4.98 Å². The molecule has 6 heteroatoms. The third-order valence-electron chi connectivity index (χ3n) is 2.16. The second kappa shape index (κ2) is 7.60. The third-order valence-corrected chi connectivity index (χ3v) is 3.00. The van der Waals surface area contributed by atoms with Gasteiger partial charge in [-0.1, -0.05) is 0 Å². The molecule has 0 aromatic carbocycles. The molecule has 0 unspecified atom stereocenters. The van der Waals surface area contributed by atoms with Gasteiger partial charge in [0.25, 0.3) is 0 Å². The van der Waals surface area contributed by atoms with E-state index in [1.165, 1.54) is 0 Å². The SMILES string of the molecule is CCN(CCc1nccs1)C(=O)[C@@H](C)N.Cl. The minimum atomic E-state index is -0.416. The Hall–Kier alpha value is -0.650. The molecule has 1 heterocycles. The summed E-state index contributed by atoms with van der Waals surface area (Å²) < 4.78 is 0. The number of nitrogens with two attached hydrogens (primary N) is 1. The molecule has 0 fully saturated rings. The van der Waals surface area contributed by atoms with Crippen LogP contribution >= 0.6 is 23.7 Å². The lowest BCUT2D eigenvalue weighted by Gasteiger charge is -2.22. The zero-order valence-corrected chi connectivity index (χ0v) is 11.2. The van der Waals surface area contributed by atoms with Gasteiger partial charge in [-0.05, 0) is 13.8 Å². The first-order valence-corrected chi connectivity index (χ1v) is 5.95. The molecule has 1 aromatic heterocycles. The van der Waals surface area contributed by atoms with E-state index in [1.54, 1.807) is 29.4 Å². The van der Waals surface area contributed by atoms with Gasteiger partial charge in [0.2, 0.25) is 5.91 Å². The first-order valence-electron chi connectivity index (χ1n) is 5.08. The van der Waals surface area contributed by atoms with Crippen LogP contribution in [0.5, 0.6) is 0 Å². The summed E-state index contributed by atoms with van der Waals surface area (Å²) in [6.07, 6.45) is 2.59. The van der Waals surface area contributed by atoms with Crippen molar-refractivity contribution in [3.63, 3.8) is 0 Å². The molecule has 0 radical (unpaired) electrons. The Balaban J connectivity index is 0.00000225. The number of hydrogen-bond acceptors (Lipinski definition) is 4. The Labute approximate surface area is 106 Å². The van der Waals surface area contributed by atoms with E-state index in [-0.39, 0.29) is 18.3 Å². The highest BCUT2D eigenvalue weighted by molar-refractivity contribution is 7.09. The number of carbonyl (C=O) groups excluding carboxylic acids is 1. The molecule has 1 rings (SSSR count). The average Bonchev–Trinajstić information content (AvgIpc) is 2.71. The normalized spacial score (nSPS) is 11.7. The Morgan fingerprint density at radius 1 is 1.69 bits per heavy atom. The molecule has 1 amide bonds. The number of rotatable bonds is 5. The number of halogens is 1. The van der Waals surface area contributed by atoms with Crippen molar-refractivity contribution in [3.05, 3.63) is 16.6 Å². The smallest absolute Gasteiger partial charge is 0.239 e. The van der Waals surface area contributed by atoms with E-state index >= 15 is 0 Å². The van der Waals surface area contributed by atoms with Crippen LogP contribution in [0.2, 0.25) is 0 Å². The maximum atomic E-state index is 11.6. The van der Waals surface area contributed by atoms with Gasteiger partial charge in [-0.3, -0.25) is 4.79 Å². The molecular formula is C10H18ClN3OS. The number of thiazole rings is 1. The molecule has 1 atom stereocenters. The van der Waals surface area contributed by atoms with Gasteiger partial charge in [0.1, 0.15) is 0 Å². The summed E-state index contributed by atoms with van der Waals surface area (Å²) in [5, 5.41) is 3.00. The Morgan fingerprint density at radius 3 is 2.81 bits per heavy atom. The quantitative estimate of drug-likeness (QED) is 0.871. The van der Waals surface area contributed by atoms with Crippen LogP contribution in [-0.2, 0) is 11.2 Å². The third kappa shape index (κ3) is 4.47. The largest absolute Gasteiger partial charge is 0.341 e. The fraction of sp³-hybridized carbons (Fsp3) is 0.600. The number of nitrogens with zero attached hydrogens (tertiary/aromatic N) is 2. The second-order valence-corrected chi connectivity index (χ2v) is 4.36. The number of amides is 1. The molecule has 0 saturated heterocycles. The number of hydrogen-bond donors (Lipinski definition) is 1. The maximum Gasteiger partial charge on any atom is 0.239 e. The summed E-state index contributed by atoms with van der Waals surface area (Å²) in [7, 11) is 0. The lowest BCUT2D eigenvalue weighted by atomic mass is 10.3. The predicted molar refractivity (Wildman–Crippen MR) is 69.0 cm³/mol. The highest BCUT2D eigenvalue weighted by atomic mass is 35.5. The number of aromatic nitrogens is 1. The van der Waals surface area contributed by atoms with Crippen molar-refractivity contribution in [2.24, 2.45) is 5.73 Å². The van der Waals surface area contributed by atoms with Crippen LogP contribution in [0.3, 0.4) is 0 Å². The molecule has 2 N–H and O–H groups in total. The topological polar surface area (TPSA) is 59.2 Å². The molecule has 16 heavy (non-hydrogen) atoms. The van der Waals surface area contributed by atoms with Crippen LogP contribution < -0.4 is 5.73 Å². The van der Waals surface area contributed by atoms with Crippen molar-refractivity contribution in [2.75, 3.05) is 13.1 Å². The van der Waals surface area contributed by atoms with Crippen molar-refractivity contribution in [2.45, 2.75) is 26.3 Å². The van der Waals surface area contributed by atoms with Crippen LogP contribution in [0.1, 0.15) is 18.9 Å². The van der Waals surface area contributed by atoms with Crippen LogP contribution in [0.4, 0.5) is 0 Å². The summed E-state index contributed by atoms with van der Waals surface area (Å²) in [5.74, 6) is 0.00839. The molecular weight excluding hydrogens is 246 g/mol. The van der Waals surface area contributed by atoms with E-state index in [1.807, 2.05) is 12.3 Å². The van der Waals surface area contributed by atoms with Gasteiger partial charge >= 0.3 is 0 Å². The minimum Gasteiger partial charge on any atom is -0.341 e. The van der Waals surface area contributed by atoms with Crippen molar-refractivity contribution in [3.8, 4) is 0 Å². The van der Waals surface area contributed by atoms with Crippen molar-refractivity contribution >= 4 is 29.7 Å². The molecule has 0 aliphatic carbocycles. The van der Waals surface area contributed by atoms with Crippen LogP contribution in [-0.4, -0.2) is 34.9 Å². The van der Waals surface area contributed by atoms with Crippen LogP contribution in [0, 0.1) is 0 Å². The zero-order chi connectivity index (χ0) is 11.3. The average molecular weight is 264 g/mol. The summed E-state index contributed by atoms with van der Waals surface area (Å²) in [5.41, 5.74) is 5.56. The van der Waals surface area contributed by atoms with Gasteiger partial charge in [-0.15, -0.1) is 23.7 Å². The first-order chi connectivity index (χ1) is 7.15. The molecule has 4 nitrogen and oxygen atoms in total. The molecule has 0 bridgehead atoms. The fourth-order valence-electron chi connectivity index (χ4n) is 1.32.